The fourth-order valence-corrected chi connectivity index (χ4v) is 1.48. The second kappa shape index (κ2) is 6.54. The molecule has 0 aliphatic carbocycles. The summed E-state index contributed by atoms with van der Waals surface area (Å²) in [6.07, 6.45) is 1.61. The number of methoxy groups -OCH3 is 3. The first-order valence-electron chi connectivity index (χ1n) is 5.37. The summed E-state index contributed by atoms with van der Waals surface area (Å²) in [5.41, 5.74) is 0.436. The van der Waals surface area contributed by atoms with E-state index in [9.17, 15) is 4.79 Å². The molecule has 1 aromatic rings. The highest BCUT2D eigenvalue weighted by Crippen LogP contribution is 2.38. The van der Waals surface area contributed by atoms with Gasteiger partial charge >= 0.3 is 0 Å². The number of rotatable bonds is 6. The molecule has 0 fully saturated rings. The Morgan fingerprint density at radius 1 is 1.22 bits per heavy atom. The number of carbonyl (C=O) groups is 1. The average molecular weight is 251 g/mol. The zero-order valence-corrected chi connectivity index (χ0v) is 10.8. The van der Waals surface area contributed by atoms with Crippen LogP contribution in [0.4, 0.5) is 0 Å². The zero-order chi connectivity index (χ0) is 13.5. The molecule has 1 N–H and O–H groups in total. The lowest BCUT2D eigenvalue weighted by atomic mass is 10.1. The van der Waals surface area contributed by atoms with Crippen LogP contribution in [0.15, 0.2) is 24.8 Å². The van der Waals surface area contributed by atoms with E-state index in [1.165, 1.54) is 21.3 Å². The standard InChI is InChI=1S/C13H17NO4/c1-5-6-14-13(15)9-7-10(16-2)12(18-4)11(8-9)17-3/h5,7-8H,1,6H2,2-4H3,(H,14,15). The first-order chi connectivity index (χ1) is 8.67. The van der Waals surface area contributed by atoms with Gasteiger partial charge in [0.05, 0.1) is 21.3 Å². The summed E-state index contributed by atoms with van der Waals surface area (Å²) in [7, 11) is 4.52. The third-order valence-corrected chi connectivity index (χ3v) is 2.33. The molecule has 1 aromatic carbocycles. The smallest absolute Gasteiger partial charge is 0.251 e. The second-order valence-corrected chi connectivity index (χ2v) is 3.41. The third-order valence-electron chi connectivity index (χ3n) is 2.33. The fraction of sp³-hybridized carbons (Fsp3) is 0.308. The van der Waals surface area contributed by atoms with Gasteiger partial charge in [-0.1, -0.05) is 6.08 Å². The summed E-state index contributed by atoms with van der Waals surface area (Å²) in [5.74, 6) is 1.12. The van der Waals surface area contributed by atoms with Gasteiger partial charge in [0, 0.05) is 12.1 Å². The highest BCUT2D eigenvalue weighted by molar-refractivity contribution is 5.95. The molecule has 0 aliphatic heterocycles. The van der Waals surface area contributed by atoms with Crippen molar-refractivity contribution in [1.29, 1.82) is 0 Å². The molecule has 0 saturated heterocycles. The van der Waals surface area contributed by atoms with E-state index in [1.807, 2.05) is 0 Å². The molecule has 0 aliphatic rings. The van der Waals surface area contributed by atoms with Crippen LogP contribution in [-0.4, -0.2) is 33.8 Å². The molecule has 18 heavy (non-hydrogen) atoms. The minimum absolute atomic E-state index is 0.228. The number of carbonyl (C=O) groups excluding carboxylic acids is 1. The third kappa shape index (κ3) is 2.94. The van der Waals surface area contributed by atoms with Crippen LogP contribution in [0.2, 0.25) is 0 Å². The van der Waals surface area contributed by atoms with E-state index in [-0.39, 0.29) is 5.91 Å². The molecule has 0 atom stereocenters. The molecule has 0 unspecified atom stereocenters. The molecule has 0 saturated carbocycles. The van der Waals surface area contributed by atoms with Gasteiger partial charge in [0.1, 0.15) is 0 Å². The fourth-order valence-electron chi connectivity index (χ4n) is 1.48. The Morgan fingerprint density at radius 2 is 1.78 bits per heavy atom. The quantitative estimate of drug-likeness (QED) is 0.781. The SMILES string of the molecule is C=CCNC(=O)c1cc(OC)c(OC)c(OC)c1. The van der Waals surface area contributed by atoms with Crippen LogP contribution >= 0.6 is 0 Å². The zero-order valence-electron chi connectivity index (χ0n) is 10.8. The van der Waals surface area contributed by atoms with Gasteiger partial charge in [-0.05, 0) is 12.1 Å². The Balaban J connectivity index is 3.14. The minimum atomic E-state index is -0.228. The maximum atomic E-state index is 11.8. The van der Waals surface area contributed by atoms with Crippen LogP contribution in [-0.2, 0) is 0 Å². The van der Waals surface area contributed by atoms with Crippen molar-refractivity contribution in [2.75, 3.05) is 27.9 Å². The number of nitrogens with one attached hydrogen (secondary N) is 1. The van der Waals surface area contributed by atoms with Crippen molar-refractivity contribution in [3.8, 4) is 17.2 Å². The number of benzene rings is 1. The van der Waals surface area contributed by atoms with Gasteiger partial charge in [-0.3, -0.25) is 4.79 Å². The number of hydrogen-bond acceptors (Lipinski definition) is 4. The molecule has 0 bridgehead atoms. The van der Waals surface area contributed by atoms with Crippen LogP contribution in [0.1, 0.15) is 10.4 Å². The van der Waals surface area contributed by atoms with Crippen LogP contribution < -0.4 is 19.5 Å². The van der Waals surface area contributed by atoms with Gasteiger partial charge in [0.2, 0.25) is 5.75 Å². The topological polar surface area (TPSA) is 56.8 Å². The molecular formula is C13H17NO4. The molecule has 0 spiro atoms. The Labute approximate surface area is 106 Å². The van der Waals surface area contributed by atoms with Crippen molar-refractivity contribution in [3.05, 3.63) is 30.4 Å². The summed E-state index contributed by atoms with van der Waals surface area (Å²) in [5, 5.41) is 2.68. The van der Waals surface area contributed by atoms with Crippen LogP contribution in [0.3, 0.4) is 0 Å². The van der Waals surface area contributed by atoms with Gasteiger partial charge < -0.3 is 19.5 Å². The van der Waals surface area contributed by atoms with Crippen LogP contribution in [0, 0.1) is 0 Å². The van der Waals surface area contributed by atoms with Gasteiger partial charge in [-0.15, -0.1) is 6.58 Å². The minimum Gasteiger partial charge on any atom is -0.493 e. The number of amides is 1. The molecule has 0 heterocycles. The second-order valence-electron chi connectivity index (χ2n) is 3.41. The van der Waals surface area contributed by atoms with E-state index in [4.69, 9.17) is 14.2 Å². The normalized spacial score (nSPS) is 9.50. The van der Waals surface area contributed by atoms with Crippen molar-refractivity contribution < 1.29 is 19.0 Å². The Hall–Kier alpha value is -2.17. The molecule has 0 aromatic heterocycles. The van der Waals surface area contributed by atoms with Crippen molar-refractivity contribution in [3.63, 3.8) is 0 Å². The van der Waals surface area contributed by atoms with Crippen LogP contribution in [0.5, 0.6) is 17.2 Å². The van der Waals surface area contributed by atoms with Gasteiger partial charge in [-0.25, -0.2) is 0 Å². The lowest BCUT2D eigenvalue weighted by molar-refractivity contribution is 0.0957. The van der Waals surface area contributed by atoms with E-state index >= 15 is 0 Å². The highest BCUT2D eigenvalue weighted by Gasteiger charge is 2.16. The number of hydrogen-bond donors (Lipinski definition) is 1. The lowest BCUT2D eigenvalue weighted by Gasteiger charge is -2.13. The van der Waals surface area contributed by atoms with E-state index in [1.54, 1.807) is 18.2 Å². The molecule has 98 valence electrons. The maximum absolute atomic E-state index is 11.8. The number of ether oxygens (including phenoxy) is 3. The molecule has 1 rings (SSSR count). The monoisotopic (exact) mass is 251 g/mol. The summed E-state index contributed by atoms with van der Waals surface area (Å²) < 4.78 is 15.5. The van der Waals surface area contributed by atoms with E-state index in [0.29, 0.717) is 29.4 Å². The van der Waals surface area contributed by atoms with Gasteiger partial charge in [-0.2, -0.15) is 0 Å². The van der Waals surface area contributed by atoms with E-state index in [0.717, 1.165) is 0 Å². The largest absolute Gasteiger partial charge is 0.493 e. The van der Waals surface area contributed by atoms with Gasteiger partial charge in [0.25, 0.3) is 5.91 Å². The summed E-state index contributed by atoms with van der Waals surface area (Å²) in [6.45, 7) is 3.94. The Bertz CT molecular complexity index is 418. The van der Waals surface area contributed by atoms with Crippen molar-refractivity contribution >= 4 is 5.91 Å². The van der Waals surface area contributed by atoms with Crippen molar-refractivity contribution in [2.45, 2.75) is 0 Å². The van der Waals surface area contributed by atoms with E-state index < -0.39 is 0 Å². The lowest BCUT2D eigenvalue weighted by Crippen LogP contribution is -2.23. The first-order valence-corrected chi connectivity index (χ1v) is 5.37. The average Bonchev–Trinajstić information content (AvgIpc) is 2.42. The van der Waals surface area contributed by atoms with Crippen LogP contribution in [0.25, 0.3) is 0 Å². The molecule has 1 amide bonds. The van der Waals surface area contributed by atoms with Crippen molar-refractivity contribution in [2.24, 2.45) is 0 Å². The van der Waals surface area contributed by atoms with E-state index in [2.05, 4.69) is 11.9 Å². The summed E-state index contributed by atoms with van der Waals surface area (Å²) in [6, 6.07) is 3.19. The Morgan fingerprint density at radius 3 is 2.17 bits per heavy atom. The molecular weight excluding hydrogens is 234 g/mol. The molecule has 0 radical (unpaired) electrons. The summed E-state index contributed by atoms with van der Waals surface area (Å²) >= 11 is 0. The highest BCUT2D eigenvalue weighted by atomic mass is 16.5. The predicted molar refractivity (Wildman–Crippen MR) is 68.6 cm³/mol. The van der Waals surface area contributed by atoms with Crippen molar-refractivity contribution in [1.82, 2.24) is 5.32 Å². The predicted octanol–water partition coefficient (Wildman–Crippen LogP) is 1.63. The maximum Gasteiger partial charge on any atom is 0.251 e. The molecule has 5 heteroatoms. The summed E-state index contributed by atoms with van der Waals surface area (Å²) in [4.78, 5) is 11.8. The van der Waals surface area contributed by atoms with Gasteiger partial charge in [0.15, 0.2) is 11.5 Å². The Kier molecular flexibility index (Phi) is 5.05. The molecule has 5 nitrogen and oxygen atoms in total. The first kappa shape index (κ1) is 13.9.